The number of hydrogen-bond donors (Lipinski definition) is 2. The Kier molecular flexibility index (Phi) is 5.47. The Hall–Kier alpha value is -1.02. The number of thiazole rings is 1. The van der Waals surface area contributed by atoms with Gasteiger partial charge < -0.3 is 4.90 Å². The van der Waals surface area contributed by atoms with E-state index in [1.54, 1.807) is 0 Å². The lowest BCUT2D eigenvalue weighted by Gasteiger charge is -2.32. The summed E-state index contributed by atoms with van der Waals surface area (Å²) in [4.78, 5) is 20.3. The van der Waals surface area contributed by atoms with E-state index in [-0.39, 0.29) is 5.91 Å². The van der Waals surface area contributed by atoms with Crippen molar-refractivity contribution in [3.05, 3.63) is 16.1 Å². The first-order valence-corrected chi connectivity index (χ1v) is 7.79. The largest absolute Gasteiger partial charge is 0.309 e. The predicted octanol–water partition coefficient (Wildman–Crippen LogP) is 0.520. The third-order valence-corrected chi connectivity index (χ3v) is 4.48. The van der Waals surface area contributed by atoms with Crippen LogP contribution in [0, 0.1) is 5.92 Å². The van der Waals surface area contributed by atoms with E-state index >= 15 is 0 Å². The minimum absolute atomic E-state index is 0.314. The Morgan fingerprint density at radius 2 is 2.25 bits per heavy atom. The summed E-state index contributed by atoms with van der Waals surface area (Å²) in [6.07, 6.45) is 2.47. The molecule has 1 saturated heterocycles. The number of hydrogen-bond acceptors (Lipinski definition) is 6. The van der Waals surface area contributed by atoms with Crippen molar-refractivity contribution in [2.45, 2.75) is 19.4 Å². The van der Waals surface area contributed by atoms with E-state index in [1.807, 2.05) is 5.38 Å². The van der Waals surface area contributed by atoms with Gasteiger partial charge in [0, 0.05) is 18.5 Å². The van der Waals surface area contributed by atoms with Crippen LogP contribution in [-0.2, 0) is 6.54 Å². The van der Waals surface area contributed by atoms with E-state index in [1.165, 1.54) is 30.7 Å². The van der Waals surface area contributed by atoms with E-state index in [9.17, 15) is 4.79 Å². The summed E-state index contributed by atoms with van der Waals surface area (Å²) >= 11 is 1.34. The summed E-state index contributed by atoms with van der Waals surface area (Å²) in [5.41, 5.74) is 3.07. The van der Waals surface area contributed by atoms with E-state index in [2.05, 4.69) is 34.3 Å². The Labute approximate surface area is 123 Å². The zero-order valence-electron chi connectivity index (χ0n) is 12.1. The summed E-state index contributed by atoms with van der Waals surface area (Å²) in [6, 6.07) is 0. The summed E-state index contributed by atoms with van der Waals surface area (Å²) in [5.74, 6) is 5.59. The average Bonchev–Trinajstić information content (AvgIpc) is 2.88. The van der Waals surface area contributed by atoms with Gasteiger partial charge >= 0.3 is 0 Å². The maximum atomic E-state index is 11.4. The molecule has 0 saturated carbocycles. The molecule has 3 N–H and O–H groups in total. The van der Waals surface area contributed by atoms with Crippen LogP contribution in [0.4, 0.5) is 0 Å². The van der Waals surface area contributed by atoms with E-state index in [4.69, 9.17) is 5.84 Å². The monoisotopic (exact) mass is 297 g/mol. The normalized spacial score (nSPS) is 17.6. The minimum atomic E-state index is -0.314. The molecule has 2 rings (SSSR count). The molecule has 0 bridgehead atoms. The molecule has 1 fully saturated rings. The Balaban J connectivity index is 1.80. The van der Waals surface area contributed by atoms with Crippen LogP contribution in [-0.4, -0.2) is 54.4 Å². The Morgan fingerprint density at radius 3 is 2.85 bits per heavy atom. The fourth-order valence-electron chi connectivity index (χ4n) is 2.62. The third-order valence-electron chi connectivity index (χ3n) is 3.59. The standard InChI is InChI=1S/C13H23N5OS/c1-17(2)7-10-3-5-18(6-4-10)8-11-9-20-13(15-11)12(19)16-14/h9-10H,3-8,14H2,1-2H3,(H,16,19). The van der Waals surface area contributed by atoms with Crippen LogP contribution < -0.4 is 11.3 Å². The highest BCUT2D eigenvalue weighted by atomic mass is 32.1. The van der Waals surface area contributed by atoms with Gasteiger partial charge in [0.05, 0.1) is 5.69 Å². The van der Waals surface area contributed by atoms with Crippen LogP contribution in [0.1, 0.15) is 28.3 Å². The van der Waals surface area contributed by atoms with E-state index in [0.717, 1.165) is 31.2 Å². The molecule has 0 unspecified atom stereocenters. The molecular formula is C13H23N5OS. The second kappa shape index (κ2) is 7.12. The fraction of sp³-hybridized carbons (Fsp3) is 0.692. The van der Waals surface area contributed by atoms with Gasteiger partial charge in [-0.3, -0.25) is 15.1 Å². The van der Waals surface area contributed by atoms with Crippen LogP contribution >= 0.6 is 11.3 Å². The molecule has 20 heavy (non-hydrogen) atoms. The van der Waals surface area contributed by atoms with Crippen LogP contribution in [0.5, 0.6) is 0 Å². The smallest absolute Gasteiger partial charge is 0.294 e. The number of nitrogens with one attached hydrogen (secondary N) is 1. The molecule has 0 aliphatic carbocycles. The second-order valence-corrected chi connectivity index (χ2v) is 6.46. The van der Waals surface area contributed by atoms with Crippen molar-refractivity contribution in [3.8, 4) is 0 Å². The summed E-state index contributed by atoms with van der Waals surface area (Å²) in [7, 11) is 4.26. The number of hydrazine groups is 1. The first kappa shape index (κ1) is 15.4. The van der Waals surface area contributed by atoms with Crippen molar-refractivity contribution in [1.82, 2.24) is 20.2 Å². The van der Waals surface area contributed by atoms with Crippen molar-refractivity contribution in [2.24, 2.45) is 11.8 Å². The number of nitrogens with two attached hydrogens (primary N) is 1. The number of carbonyl (C=O) groups excluding carboxylic acids is 1. The molecule has 0 atom stereocenters. The molecule has 1 aromatic heterocycles. The van der Waals surface area contributed by atoms with Crippen LogP contribution in [0.3, 0.4) is 0 Å². The number of aromatic nitrogens is 1. The predicted molar refractivity (Wildman–Crippen MR) is 80.3 cm³/mol. The zero-order chi connectivity index (χ0) is 14.5. The number of amides is 1. The lowest BCUT2D eigenvalue weighted by atomic mass is 9.96. The maximum absolute atomic E-state index is 11.4. The molecule has 1 aliphatic rings. The van der Waals surface area contributed by atoms with Crippen molar-refractivity contribution in [2.75, 3.05) is 33.7 Å². The molecule has 7 heteroatoms. The molecule has 112 valence electrons. The Bertz CT molecular complexity index is 440. The molecule has 1 aromatic rings. The van der Waals surface area contributed by atoms with Gasteiger partial charge in [-0.2, -0.15) is 0 Å². The van der Waals surface area contributed by atoms with Gasteiger partial charge in [-0.25, -0.2) is 10.8 Å². The highest BCUT2D eigenvalue weighted by Gasteiger charge is 2.20. The third kappa shape index (κ3) is 4.24. The number of carbonyl (C=O) groups is 1. The second-order valence-electron chi connectivity index (χ2n) is 5.60. The number of nitrogen functional groups attached to an aromatic ring is 1. The highest BCUT2D eigenvalue weighted by Crippen LogP contribution is 2.20. The van der Waals surface area contributed by atoms with Crippen LogP contribution in [0.15, 0.2) is 5.38 Å². The van der Waals surface area contributed by atoms with Crippen LogP contribution in [0.2, 0.25) is 0 Å². The maximum Gasteiger partial charge on any atom is 0.294 e. The zero-order valence-corrected chi connectivity index (χ0v) is 12.9. The average molecular weight is 297 g/mol. The van der Waals surface area contributed by atoms with Crippen molar-refractivity contribution < 1.29 is 4.79 Å². The Morgan fingerprint density at radius 1 is 1.55 bits per heavy atom. The molecule has 6 nitrogen and oxygen atoms in total. The topological polar surface area (TPSA) is 74.5 Å². The van der Waals surface area contributed by atoms with Gasteiger partial charge in [0.15, 0.2) is 5.01 Å². The molecule has 0 spiro atoms. The molecule has 0 aromatic carbocycles. The van der Waals surface area contributed by atoms with Gasteiger partial charge in [0.1, 0.15) is 0 Å². The number of rotatable bonds is 5. The first-order valence-electron chi connectivity index (χ1n) is 6.91. The SMILES string of the molecule is CN(C)CC1CCN(Cc2csc(C(=O)NN)n2)CC1. The van der Waals surface area contributed by atoms with E-state index < -0.39 is 0 Å². The number of piperidine rings is 1. The van der Waals surface area contributed by atoms with Gasteiger partial charge in [0.2, 0.25) is 0 Å². The van der Waals surface area contributed by atoms with Crippen molar-refractivity contribution in [3.63, 3.8) is 0 Å². The quantitative estimate of drug-likeness (QED) is 0.471. The molecule has 1 aliphatic heterocycles. The molecule has 0 radical (unpaired) electrons. The highest BCUT2D eigenvalue weighted by molar-refractivity contribution is 7.11. The summed E-state index contributed by atoms with van der Waals surface area (Å²) in [5, 5.41) is 2.38. The number of likely N-dealkylation sites (tertiary alicyclic amines) is 1. The molecular weight excluding hydrogens is 274 g/mol. The lowest BCUT2D eigenvalue weighted by Crippen LogP contribution is -2.36. The van der Waals surface area contributed by atoms with Gasteiger partial charge in [-0.1, -0.05) is 0 Å². The molecule has 2 heterocycles. The summed E-state index contributed by atoms with van der Waals surface area (Å²) < 4.78 is 0. The van der Waals surface area contributed by atoms with Gasteiger partial charge in [-0.15, -0.1) is 11.3 Å². The molecule has 1 amide bonds. The lowest BCUT2D eigenvalue weighted by molar-refractivity contribution is 0.0952. The van der Waals surface area contributed by atoms with Crippen LogP contribution in [0.25, 0.3) is 0 Å². The van der Waals surface area contributed by atoms with Crippen molar-refractivity contribution in [1.29, 1.82) is 0 Å². The van der Waals surface area contributed by atoms with Crippen molar-refractivity contribution >= 4 is 17.2 Å². The fourth-order valence-corrected chi connectivity index (χ4v) is 3.33. The van der Waals surface area contributed by atoms with Gasteiger partial charge in [-0.05, 0) is 45.9 Å². The minimum Gasteiger partial charge on any atom is -0.309 e. The number of nitrogens with zero attached hydrogens (tertiary/aromatic N) is 3. The van der Waals surface area contributed by atoms with E-state index in [0.29, 0.717) is 5.01 Å². The first-order chi connectivity index (χ1) is 9.58. The van der Waals surface area contributed by atoms with Gasteiger partial charge in [0.25, 0.3) is 5.91 Å². The summed E-state index contributed by atoms with van der Waals surface area (Å²) in [6.45, 7) is 4.21.